The van der Waals surface area contributed by atoms with Gasteiger partial charge in [-0.1, -0.05) is 66.2 Å². The lowest BCUT2D eigenvalue weighted by Crippen LogP contribution is -2.19. The number of unbranched alkanes of at least 4 members (excludes halogenated alkanes) is 6. The fourth-order valence-corrected chi connectivity index (χ4v) is 3.41. The van der Waals surface area contributed by atoms with E-state index in [1.807, 2.05) is 0 Å². The molecule has 0 spiro atoms. The fourth-order valence-electron chi connectivity index (χ4n) is 3.41. The highest BCUT2D eigenvalue weighted by Crippen LogP contribution is 2.23. The maximum Gasteiger partial charge on any atom is 0.338 e. The average Bonchev–Trinajstić information content (AvgIpc) is 2.66. The molecule has 0 bridgehead atoms. The molecule has 1 atom stereocenters. The molecule has 164 valence electrons. The van der Waals surface area contributed by atoms with Crippen LogP contribution in [0, 0.1) is 5.41 Å². The van der Waals surface area contributed by atoms with Crippen LogP contribution in [0.1, 0.15) is 119 Å². The normalized spacial score (nSPS) is 12.6. The van der Waals surface area contributed by atoms with Crippen molar-refractivity contribution in [2.24, 2.45) is 5.41 Å². The van der Waals surface area contributed by atoms with Gasteiger partial charge in [0.15, 0.2) is 0 Å². The number of benzene rings is 1. The number of rotatable bonds is 14. The maximum atomic E-state index is 12.5. The van der Waals surface area contributed by atoms with Crippen LogP contribution in [0.3, 0.4) is 0 Å². The van der Waals surface area contributed by atoms with E-state index in [1.54, 1.807) is 0 Å². The van der Waals surface area contributed by atoms with E-state index in [-0.39, 0.29) is 17.6 Å². The largest absolute Gasteiger partial charge is 0.478 e. The highest BCUT2D eigenvalue weighted by Gasteiger charge is 2.17. The van der Waals surface area contributed by atoms with Crippen molar-refractivity contribution in [1.82, 2.24) is 0 Å². The minimum atomic E-state index is -0.995. The monoisotopic (exact) mass is 404 g/mol. The Morgan fingerprint density at radius 1 is 0.862 bits per heavy atom. The van der Waals surface area contributed by atoms with Gasteiger partial charge in [-0.15, -0.1) is 0 Å². The summed E-state index contributed by atoms with van der Waals surface area (Å²) in [5.41, 5.74) is 0.958. The first-order valence-electron chi connectivity index (χ1n) is 11.3. The van der Waals surface area contributed by atoms with Crippen molar-refractivity contribution in [2.45, 2.75) is 104 Å². The van der Waals surface area contributed by atoms with Crippen molar-refractivity contribution in [2.75, 3.05) is 0 Å². The topological polar surface area (TPSA) is 63.6 Å². The summed E-state index contributed by atoms with van der Waals surface area (Å²) in [7, 11) is 0. The van der Waals surface area contributed by atoms with Crippen molar-refractivity contribution < 1.29 is 19.4 Å². The number of carbonyl (C=O) groups excluding carboxylic acids is 1. The number of aromatic carboxylic acids is 1. The Hall–Kier alpha value is -1.84. The Morgan fingerprint density at radius 2 is 1.38 bits per heavy atom. The predicted octanol–water partition coefficient (Wildman–Crippen LogP) is 7.27. The molecule has 1 aromatic carbocycles. The lowest BCUT2D eigenvalue weighted by Gasteiger charge is -2.20. The van der Waals surface area contributed by atoms with Crippen LogP contribution in [0.4, 0.5) is 0 Å². The van der Waals surface area contributed by atoms with Crippen molar-refractivity contribution in [1.29, 1.82) is 0 Å². The summed E-state index contributed by atoms with van der Waals surface area (Å²) < 4.78 is 5.80. The molecule has 1 N–H and O–H groups in total. The minimum Gasteiger partial charge on any atom is -0.478 e. The molecule has 4 nitrogen and oxygen atoms in total. The molecule has 29 heavy (non-hydrogen) atoms. The van der Waals surface area contributed by atoms with Crippen LogP contribution in [0.15, 0.2) is 24.3 Å². The van der Waals surface area contributed by atoms with Crippen LogP contribution < -0.4 is 0 Å². The van der Waals surface area contributed by atoms with Gasteiger partial charge in [0.05, 0.1) is 11.1 Å². The van der Waals surface area contributed by atoms with E-state index < -0.39 is 5.97 Å². The summed E-state index contributed by atoms with van der Waals surface area (Å²) in [6.45, 7) is 9.01. The molecule has 1 rings (SSSR count). The zero-order valence-electron chi connectivity index (χ0n) is 18.8. The maximum absolute atomic E-state index is 12.5. The first-order chi connectivity index (χ1) is 13.7. The van der Waals surface area contributed by atoms with E-state index in [0.717, 1.165) is 32.1 Å². The van der Waals surface area contributed by atoms with Gasteiger partial charge in [0.1, 0.15) is 6.10 Å². The van der Waals surface area contributed by atoms with Crippen LogP contribution in [0.25, 0.3) is 0 Å². The van der Waals surface area contributed by atoms with Crippen molar-refractivity contribution in [3.8, 4) is 0 Å². The first-order valence-corrected chi connectivity index (χ1v) is 11.3. The second-order valence-electron chi connectivity index (χ2n) is 9.27. The quantitative estimate of drug-likeness (QED) is 0.262. The molecule has 0 aliphatic rings. The third kappa shape index (κ3) is 11.7. The third-order valence-corrected chi connectivity index (χ3v) is 5.22. The average molecular weight is 405 g/mol. The summed E-state index contributed by atoms with van der Waals surface area (Å²) in [4.78, 5) is 23.5. The molecule has 0 radical (unpaired) electrons. The van der Waals surface area contributed by atoms with Gasteiger partial charge >= 0.3 is 11.9 Å². The van der Waals surface area contributed by atoms with E-state index in [2.05, 4.69) is 27.7 Å². The zero-order chi connectivity index (χ0) is 21.7. The molecule has 0 aliphatic heterocycles. The Morgan fingerprint density at radius 3 is 1.90 bits per heavy atom. The van der Waals surface area contributed by atoms with E-state index in [0.29, 0.717) is 11.0 Å². The van der Waals surface area contributed by atoms with Crippen LogP contribution in [0.2, 0.25) is 0 Å². The standard InChI is InChI=1S/C25H40O4/c1-5-6-7-8-10-13-22(14-11-9-12-19-25(2,3)4)29-24(28)21-17-15-20(16-18-21)23(26)27/h15-18,22H,5-14,19H2,1-4H3,(H,26,27). The summed E-state index contributed by atoms with van der Waals surface area (Å²) in [5.74, 6) is -1.35. The third-order valence-electron chi connectivity index (χ3n) is 5.22. The van der Waals surface area contributed by atoms with Gasteiger partial charge in [0, 0.05) is 0 Å². The number of hydrogen-bond acceptors (Lipinski definition) is 3. The van der Waals surface area contributed by atoms with Gasteiger partial charge in [-0.25, -0.2) is 9.59 Å². The molecule has 4 heteroatoms. The Labute approximate surface area is 177 Å². The zero-order valence-corrected chi connectivity index (χ0v) is 18.8. The van der Waals surface area contributed by atoms with Gasteiger partial charge in [0.2, 0.25) is 0 Å². The molecule has 0 aliphatic carbocycles. The van der Waals surface area contributed by atoms with Crippen LogP contribution in [-0.2, 0) is 4.74 Å². The highest BCUT2D eigenvalue weighted by atomic mass is 16.5. The van der Waals surface area contributed by atoms with Crippen molar-refractivity contribution in [3.63, 3.8) is 0 Å². The number of carbonyl (C=O) groups is 2. The number of carboxylic acids is 1. The number of ether oxygens (including phenoxy) is 1. The molecule has 0 aromatic heterocycles. The molecule has 0 heterocycles. The summed E-state index contributed by atoms with van der Waals surface area (Å²) >= 11 is 0. The van der Waals surface area contributed by atoms with Gasteiger partial charge in [0.25, 0.3) is 0 Å². The molecular weight excluding hydrogens is 364 g/mol. The van der Waals surface area contributed by atoms with Crippen LogP contribution in [0.5, 0.6) is 0 Å². The van der Waals surface area contributed by atoms with E-state index >= 15 is 0 Å². The van der Waals surface area contributed by atoms with Gasteiger partial charge in [-0.05, 0) is 61.8 Å². The SMILES string of the molecule is CCCCCCCC(CCCCCC(C)(C)C)OC(=O)c1ccc(C(=O)O)cc1. The van der Waals surface area contributed by atoms with E-state index in [1.165, 1.54) is 62.8 Å². The Bertz CT molecular complexity index is 598. The summed E-state index contributed by atoms with van der Waals surface area (Å²) in [6.07, 6.45) is 12.4. The van der Waals surface area contributed by atoms with Gasteiger partial charge in [-0.3, -0.25) is 0 Å². The Balaban J connectivity index is 2.54. The van der Waals surface area contributed by atoms with Crippen LogP contribution in [-0.4, -0.2) is 23.1 Å². The fraction of sp³-hybridized carbons (Fsp3) is 0.680. The summed E-state index contributed by atoms with van der Waals surface area (Å²) in [5, 5.41) is 8.99. The minimum absolute atomic E-state index is 0.0575. The number of hydrogen-bond donors (Lipinski definition) is 1. The van der Waals surface area contributed by atoms with Crippen molar-refractivity contribution in [3.05, 3.63) is 35.4 Å². The second kappa shape index (κ2) is 13.4. The summed E-state index contributed by atoms with van der Waals surface area (Å²) in [6, 6.07) is 5.97. The van der Waals surface area contributed by atoms with Crippen molar-refractivity contribution >= 4 is 11.9 Å². The van der Waals surface area contributed by atoms with Gasteiger partial charge in [-0.2, -0.15) is 0 Å². The molecule has 0 saturated heterocycles. The molecule has 0 amide bonds. The van der Waals surface area contributed by atoms with E-state index in [9.17, 15) is 9.59 Å². The number of esters is 1. The molecule has 1 aromatic rings. The van der Waals surface area contributed by atoms with Gasteiger partial charge < -0.3 is 9.84 Å². The molecule has 0 saturated carbocycles. The smallest absolute Gasteiger partial charge is 0.338 e. The second-order valence-corrected chi connectivity index (χ2v) is 9.27. The Kier molecular flexibility index (Phi) is 11.6. The molecule has 0 fully saturated rings. The first kappa shape index (κ1) is 25.2. The molecular formula is C25H40O4. The lowest BCUT2D eigenvalue weighted by molar-refractivity contribution is 0.0248. The predicted molar refractivity (Wildman–Crippen MR) is 119 cm³/mol. The van der Waals surface area contributed by atoms with E-state index in [4.69, 9.17) is 9.84 Å². The highest BCUT2D eigenvalue weighted by molar-refractivity contribution is 5.92. The molecule has 1 unspecified atom stereocenters. The van der Waals surface area contributed by atoms with Crippen LogP contribution >= 0.6 is 0 Å². The number of carboxylic acid groups (broad SMARTS) is 1. The lowest BCUT2D eigenvalue weighted by atomic mass is 9.89.